The molecule has 0 aliphatic carbocycles. The lowest BCUT2D eigenvalue weighted by molar-refractivity contribution is -0.137. The van der Waals surface area contributed by atoms with E-state index in [0.29, 0.717) is 18.5 Å². The number of hydrogen-bond donors (Lipinski definition) is 1. The first-order valence-corrected chi connectivity index (χ1v) is 9.62. The molecule has 1 aromatic carbocycles. The van der Waals surface area contributed by atoms with Crippen molar-refractivity contribution in [1.29, 1.82) is 0 Å². The average molecular weight is 347 g/mol. The van der Waals surface area contributed by atoms with Crippen LogP contribution in [0.1, 0.15) is 26.7 Å². The van der Waals surface area contributed by atoms with Gasteiger partial charge < -0.3 is 9.88 Å². The van der Waals surface area contributed by atoms with E-state index in [4.69, 9.17) is 0 Å². The van der Waals surface area contributed by atoms with Crippen LogP contribution in [-0.2, 0) is 4.79 Å². The largest absolute Gasteiger partial charge is 0.337 e. The molecule has 6 heteroatoms. The van der Waals surface area contributed by atoms with Crippen molar-refractivity contribution in [2.45, 2.75) is 43.9 Å². The zero-order valence-corrected chi connectivity index (χ0v) is 15.5. The number of thioether (sulfide) groups is 1. The number of fused-ring (bicyclic) bond motifs is 1. The van der Waals surface area contributed by atoms with E-state index in [1.807, 2.05) is 24.3 Å². The summed E-state index contributed by atoms with van der Waals surface area (Å²) in [6.45, 7) is 6.16. The van der Waals surface area contributed by atoms with Gasteiger partial charge in [0.2, 0.25) is 5.91 Å². The van der Waals surface area contributed by atoms with Gasteiger partial charge in [-0.15, -0.1) is 0 Å². The van der Waals surface area contributed by atoms with Crippen LogP contribution in [0.25, 0.3) is 11.0 Å². The fourth-order valence-electron chi connectivity index (χ4n) is 3.19. The van der Waals surface area contributed by atoms with Crippen molar-refractivity contribution in [1.82, 2.24) is 19.8 Å². The number of carbonyl (C=O) groups excluding carboxylic acids is 1. The Morgan fingerprint density at radius 2 is 2.08 bits per heavy atom. The quantitative estimate of drug-likeness (QED) is 0.668. The molecular weight excluding hydrogens is 320 g/mol. The maximum atomic E-state index is 12.5. The second-order valence-electron chi connectivity index (χ2n) is 6.56. The molecule has 0 spiro atoms. The summed E-state index contributed by atoms with van der Waals surface area (Å²) in [5.41, 5.74) is 2.06. The number of nitrogens with one attached hydrogen (secondary N) is 1. The highest BCUT2D eigenvalue weighted by Gasteiger charge is 2.30. The van der Waals surface area contributed by atoms with E-state index in [2.05, 4.69) is 40.7 Å². The Kier molecular flexibility index (Phi) is 5.46. The summed E-state index contributed by atoms with van der Waals surface area (Å²) < 4.78 is 0. The van der Waals surface area contributed by atoms with Crippen LogP contribution >= 0.6 is 11.8 Å². The molecule has 130 valence electrons. The normalized spacial score (nSPS) is 22.2. The number of amides is 1. The first-order chi connectivity index (χ1) is 11.6. The monoisotopic (exact) mass is 346 g/mol. The van der Waals surface area contributed by atoms with Crippen LogP contribution < -0.4 is 0 Å². The van der Waals surface area contributed by atoms with Crippen LogP contribution in [0.3, 0.4) is 0 Å². The molecule has 2 atom stereocenters. The van der Waals surface area contributed by atoms with E-state index in [9.17, 15) is 4.79 Å². The Balaban J connectivity index is 1.45. The van der Waals surface area contributed by atoms with E-state index in [1.54, 1.807) is 11.8 Å². The summed E-state index contributed by atoms with van der Waals surface area (Å²) in [6, 6.07) is 8.76. The van der Waals surface area contributed by atoms with E-state index in [-0.39, 0.29) is 5.91 Å². The highest BCUT2D eigenvalue weighted by Crippen LogP contribution is 2.21. The predicted octanol–water partition coefficient (Wildman–Crippen LogP) is 2.99. The minimum atomic E-state index is 0.285. The van der Waals surface area contributed by atoms with Gasteiger partial charge in [0.05, 0.1) is 11.0 Å². The van der Waals surface area contributed by atoms with Crippen LogP contribution in [0.15, 0.2) is 29.4 Å². The van der Waals surface area contributed by atoms with Crippen LogP contribution in [0.5, 0.6) is 0 Å². The summed E-state index contributed by atoms with van der Waals surface area (Å²) in [7, 11) is 2.13. The molecule has 5 nitrogen and oxygen atoms in total. The number of hydrogen-bond acceptors (Lipinski definition) is 4. The zero-order chi connectivity index (χ0) is 17.1. The van der Waals surface area contributed by atoms with Gasteiger partial charge in [-0.05, 0) is 39.4 Å². The molecule has 0 unspecified atom stereocenters. The summed E-state index contributed by atoms with van der Waals surface area (Å²) >= 11 is 1.69. The number of H-pyrrole nitrogens is 1. The number of likely N-dealkylation sites (N-methyl/N-ethyl adjacent to an activating group) is 1. The summed E-state index contributed by atoms with van der Waals surface area (Å²) in [6.07, 6.45) is 1.50. The molecule has 0 saturated carbocycles. The lowest BCUT2D eigenvalue weighted by Crippen LogP contribution is -2.57. The maximum absolute atomic E-state index is 12.5. The molecule has 1 aliphatic heterocycles. The van der Waals surface area contributed by atoms with Gasteiger partial charge in [-0.2, -0.15) is 0 Å². The van der Waals surface area contributed by atoms with Gasteiger partial charge in [-0.1, -0.05) is 23.9 Å². The Morgan fingerprint density at radius 1 is 1.29 bits per heavy atom. The zero-order valence-electron chi connectivity index (χ0n) is 14.7. The number of rotatable bonds is 5. The maximum Gasteiger partial charge on any atom is 0.222 e. The first-order valence-electron chi connectivity index (χ1n) is 8.63. The Bertz CT molecular complexity index is 668. The molecule has 2 aromatic rings. The van der Waals surface area contributed by atoms with Gasteiger partial charge >= 0.3 is 0 Å². The third-order valence-electron chi connectivity index (χ3n) is 5.04. The van der Waals surface area contributed by atoms with Gasteiger partial charge in [0, 0.05) is 37.3 Å². The first kappa shape index (κ1) is 17.3. The second-order valence-corrected chi connectivity index (χ2v) is 7.64. The van der Waals surface area contributed by atoms with Crippen molar-refractivity contribution in [2.24, 2.45) is 0 Å². The smallest absolute Gasteiger partial charge is 0.222 e. The highest BCUT2D eigenvalue weighted by molar-refractivity contribution is 7.99. The Hall–Kier alpha value is -1.53. The molecule has 1 N–H and O–H groups in total. The number of benzene rings is 1. The lowest BCUT2D eigenvalue weighted by Gasteiger charge is -2.43. The molecule has 24 heavy (non-hydrogen) atoms. The second kappa shape index (κ2) is 7.57. The van der Waals surface area contributed by atoms with Crippen LogP contribution in [0, 0.1) is 0 Å². The fourth-order valence-corrected chi connectivity index (χ4v) is 4.01. The van der Waals surface area contributed by atoms with Crippen molar-refractivity contribution < 1.29 is 4.79 Å². The van der Waals surface area contributed by atoms with E-state index >= 15 is 0 Å². The number of para-hydroxylation sites is 2. The van der Waals surface area contributed by atoms with Crippen molar-refractivity contribution >= 4 is 28.7 Å². The number of carbonyl (C=O) groups is 1. The fraction of sp³-hybridized carbons (Fsp3) is 0.556. The SMILES string of the molecule is C[C@@H]1[C@H](C)N(C(=O)CCCSc2nc3ccccc3[nH]2)CCN1C. The van der Waals surface area contributed by atoms with Crippen molar-refractivity contribution in [3.05, 3.63) is 24.3 Å². The molecule has 1 aliphatic rings. The minimum absolute atomic E-state index is 0.285. The molecular formula is C18H26N4OS. The summed E-state index contributed by atoms with van der Waals surface area (Å²) in [4.78, 5) is 24.7. The molecule has 0 bridgehead atoms. The van der Waals surface area contributed by atoms with Crippen molar-refractivity contribution in [3.8, 4) is 0 Å². The van der Waals surface area contributed by atoms with Gasteiger partial charge in [-0.3, -0.25) is 9.69 Å². The van der Waals surface area contributed by atoms with Crippen LogP contribution in [0.2, 0.25) is 0 Å². The molecule has 2 heterocycles. The number of nitrogens with zero attached hydrogens (tertiary/aromatic N) is 3. The Labute approximate surface area is 147 Å². The number of piperazine rings is 1. The molecule has 1 fully saturated rings. The van der Waals surface area contributed by atoms with Gasteiger partial charge in [-0.25, -0.2) is 4.98 Å². The van der Waals surface area contributed by atoms with E-state index in [1.165, 1.54) is 0 Å². The third-order valence-corrected chi connectivity index (χ3v) is 6.00. The number of aromatic amines is 1. The summed E-state index contributed by atoms with van der Waals surface area (Å²) in [5, 5.41) is 0.935. The molecule has 1 aromatic heterocycles. The van der Waals surface area contributed by atoms with E-state index < -0.39 is 0 Å². The Morgan fingerprint density at radius 3 is 2.88 bits per heavy atom. The van der Waals surface area contributed by atoms with Gasteiger partial charge in [0.15, 0.2) is 5.16 Å². The summed E-state index contributed by atoms with van der Waals surface area (Å²) in [5.74, 6) is 1.19. The minimum Gasteiger partial charge on any atom is -0.337 e. The van der Waals surface area contributed by atoms with Crippen molar-refractivity contribution in [3.63, 3.8) is 0 Å². The molecule has 1 saturated heterocycles. The molecule has 3 rings (SSSR count). The van der Waals surface area contributed by atoms with Gasteiger partial charge in [0.1, 0.15) is 0 Å². The molecule has 0 radical (unpaired) electrons. The topological polar surface area (TPSA) is 52.2 Å². The number of imidazole rings is 1. The van der Waals surface area contributed by atoms with E-state index in [0.717, 1.165) is 41.5 Å². The third kappa shape index (κ3) is 3.75. The predicted molar refractivity (Wildman–Crippen MR) is 99.3 cm³/mol. The average Bonchev–Trinajstić information content (AvgIpc) is 2.99. The number of aromatic nitrogens is 2. The van der Waals surface area contributed by atoms with Crippen molar-refractivity contribution in [2.75, 3.05) is 25.9 Å². The standard InChI is InChI=1S/C18H26N4OS/c1-13-14(2)22(11-10-21(13)3)17(23)9-6-12-24-18-19-15-7-4-5-8-16(15)20-18/h4-5,7-8,13-14H,6,9-12H2,1-3H3,(H,19,20)/t13-,14+/m1/s1. The lowest BCUT2D eigenvalue weighted by atomic mass is 10.0. The van der Waals surface area contributed by atoms with Gasteiger partial charge in [0.25, 0.3) is 0 Å². The van der Waals surface area contributed by atoms with Crippen LogP contribution in [-0.4, -0.2) is 63.6 Å². The molecule has 1 amide bonds. The van der Waals surface area contributed by atoms with Crippen LogP contribution in [0.4, 0.5) is 0 Å². The highest BCUT2D eigenvalue weighted by atomic mass is 32.2.